The van der Waals surface area contributed by atoms with Gasteiger partial charge < -0.3 is 35.7 Å². The Kier molecular flexibility index (Phi) is 12.3. The maximum atomic E-state index is 14.8. The second-order valence-electron chi connectivity index (χ2n) is 23.5. The van der Waals surface area contributed by atoms with Crippen molar-refractivity contribution in [3.63, 3.8) is 0 Å². The standard InChI is InChI=1S/C48H78O8/c1-39(2,3)29-25-45(42(10,11)12,22-19-32(29)49)35(52)28-48(38(55)56,36(53)46(43(13,14)15)23-20-33(50)30(26-46)40(4,5)6)37(54)47(44(16,17)18)24-21-34(51)31(27-47)41(7,8)9/h19-21,25-27,35-37,49-54H,22-24,28H2,1-18H3,(H,55,56). The normalized spacial score (nSPS) is 28.7. The first-order valence-electron chi connectivity index (χ1n) is 20.5. The van der Waals surface area contributed by atoms with Crippen molar-refractivity contribution in [1.82, 2.24) is 0 Å². The van der Waals surface area contributed by atoms with Gasteiger partial charge in [-0.3, -0.25) is 4.79 Å². The third kappa shape index (κ3) is 7.85. The zero-order valence-corrected chi connectivity index (χ0v) is 38.1. The topological polar surface area (TPSA) is 159 Å². The van der Waals surface area contributed by atoms with Gasteiger partial charge in [-0.25, -0.2) is 0 Å². The van der Waals surface area contributed by atoms with Crippen LogP contribution in [0.2, 0.25) is 0 Å². The molecule has 0 radical (unpaired) electrons. The van der Waals surface area contributed by atoms with E-state index < -0.39 is 84.9 Å². The lowest BCUT2D eigenvalue weighted by molar-refractivity contribution is -0.218. The highest BCUT2D eigenvalue weighted by Crippen LogP contribution is 2.64. The van der Waals surface area contributed by atoms with E-state index in [1.165, 1.54) is 0 Å². The number of hydrogen-bond donors (Lipinski definition) is 7. The maximum Gasteiger partial charge on any atom is 0.315 e. The summed E-state index contributed by atoms with van der Waals surface area (Å²) < 4.78 is 0. The van der Waals surface area contributed by atoms with Crippen LogP contribution >= 0.6 is 0 Å². The molecule has 6 atom stereocenters. The lowest BCUT2D eigenvalue weighted by Crippen LogP contribution is -2.67. The van der Waals surface area contributed by atoms with Crippen LogP contribution in [0.4, 0.5) is 0 Å². The summed E-state index contributed by atoms with van der Waals surface area (Å²) in [6.07, 6.45) is 5.23. The zero-order valence-electron chi connectivity index (χ0n) is 38.1. The lowest BCUT2D eigenvalue weighted by Gasteiger charge is -2.60. The minimum absolute atomic E-state index is 0.0585. The van der Waals surface area contributed by atoms with Gasteiger partial charge in [-0.1, -0.05) is 143 Å². The number of hydrogen-bond acceptors (Lipinski definition) is 7. The number of aliphatic carboxylic acids is 1. The number of allylic oxidation sites excluding steroid dienone is 6. The molecule has 0 aromatic heterocycles. The Morgan fingerprint density at radius 3 is 1.00 bits per heavy atom. The van der Waals surface area contributed by atoms with Crippen LogP contribution < -0.4 is 0 Å². The van der Waals surface area contributed by atoms with Gasteiger partial charge in [0.2, 0.25) is 0 Å². The molecule has 0 fully saturated rings. The molecule has 8 nitrogen and oxygen atoms in total. The molecular weight excluding hydrogens is 705 g/mol. The van der Waals surface area contributed by atoms with Gasteiger partial charge in [-0.2, -0.15) is 0 Å². The summed E-state index contributed by atoms with van der Waals surface area (Å²) >= 11 is 0. The summed E-state index contributed by atoms with van der Waals surface area (Å²) in [7, 11) is 0. The minimum Gasteiger partial charge on any atom is -0.508 e. The lowest BCUT2D eigenvalue weighted by atomic mass is 9.45. The van der Waals surface area contributed by atoms with Crippen molar-refractivity contribution in [2.75, 3.05) is 0 Å². The SMILES string of the molecule is CC(C)(C)C1=CC(C(O)CC(C(=O)O)(C(O)C2(C(C)(C)C)C=C(C(C)(C)C)C(O)=CC2)C(O)C2(C(C)(C)C)C=C(C(C)(C)C)C(O)=CC2)(C(C)(C)C)CC=C1O. The molecule has 6 unspecified atom stereocenters. The molecule has 56 heavy (non-hydrogen) atoms. The molecule has 318 valence electrons. The third-order valence-corrected chi connectivity index (χ3v) is 14.0. The van der Waals surface area contributed by atoms with Crippen LogP contribution in [0, 0.1) is 54.1 Å². The van der Waals surface area contributed by atoms with E-state index in [1.807, 2.05) is 143 Å². The Labute approximate surface area is 338 Å². The van der Waals surface area contributed by atoms with Crippen LogP contribution in [0.25, 0.3) is 0 Å². The summed E-state index contributed by atoms with van der Waals surface area (Å²) in [5.74, 6) is -1.24. The summed E-state index contributed by atoms with van der Waals surface area (Å²) in [5, 5.41) is 85.9. The Morgan fingerprint density at radius 2 is 0.768 bits per heavy atom. The van der Waals surface area contributed by atoms with Crippen LogP contribution in [-0.2, 0) is 4.79 Å². The molecule has 3 rings (SSSR count). The maximum absolute atomic E-state index is 14.8. The average molecular weight is 783 g/mol. The fourth-order valence-corrected chi connectivity index (χ4v) is 9.72. The van der Waals surface area contributed by atoms with E-state index in [2.05, 4.69) is 0 Å². The smallest absolute Gasteiger partial charge is 0.315 e. The molecule has 3 aliphatic rings. The largest absolute Gasteiger partial charge is 0.508 e. The predicted octanol–water partition coefficient (Wildman–Crippen LogP) is 11.1. The fourth-order valence-electron chi connectivity index (χ4n) is 9.72. The van der Waals surface area contributed by atoms with Crippen LogP contribution in [0.3, 0.4) is 0 Å². The van der Waals surface area contributed by atoms with Crippen molar-refractivity contribution < 1.29 is 40.5 Å². The summed E-state index contributed by atoms with van der Waals surface area (Å²) in [6.45, 7) is 35.1. The van der Waals surface area contributed by atoms with E-state index in [0.717, 1.165) is 0 Å². The van der Waals surface area contributed by atoms with Gasteiger partial charge in [-0.05, 0) is 93.1 Å². The molecule has 0 saturated heterocycles. The summed E-state index contributed by atoms with van der Waals surface area (Å²) in [4.78, 5) is 14.8. The number of carboxylic acid groups (broad SMARTS) is 1. The number of rotatable bonds is 8. The Morgan fingerprint density at radius 1 is 0.518 bits per heavy atom. The first kappa shape index (κ1) is 47.6. The number of carbonyl (C=O) groups is 1. The van der Waals surface area contributed by atoms with Gasteiger partial charge in [-0.15, -0.1) is 0 Å². The van der Waals surface area contributed by atoms with E-state index in [0.29, 0.717) is 16.7 Å². The van der Waals surface area contributed by atoms with Crippen LogP contribution in [0.5, 0.6) is 0 Å². The third-order valence-electron chi connectivity index (χ3n) is 14.0. The van der Waals surface area contributed by atoms with E-state index in [4.69, 9.17) is 0 Å². The highest BCUT2D eigenvalue weighted by Gasteiger charge is 2.68. The molecule has 0 aliphatic heterocycles. The second kappa shape index (κ2) is 14.5. The van der Waals surface area contributed by atoms with Crippen LogP contribution in [0.1, 0.15) is 150 Å². The van der Waals surface area contributed by atoms with Crippen molar-refractivity contribution in [2.45, 2.75) is 169 Å². The van der Waals surface area contributed by atoms with Crippen LogP contribution in [-0.4, -0.2) is 60.0 Å². The zero-order chi connectivity index (χ0) is 43.8. The summed E-state index contributed by atoms with van der Waals surface area (Å²) in [5.41, 5.74) is -8.67. The molecule has 0 aromatic rings. The van der Waals surface area contributed by atoms with E-state index in [9.17, 15) is 40.5 Å². The predicted molar refractivity (Wildman–Crippen MR) is 227 cm³/mol. The molecule has 0 saturated carbocycles. The van der Waals surface area contributed by atoms with Crippen molar-refractivity contribution >= 4 is 5.97 Å². The molecule has 0 spiro atoms. The van der Waals surface area contributed by atoms with E-state index in [1.54, 1.807) is 18.2 Å². The Bertz CT molecular complexity index is 1630. The van der Waals surface area contributed by atoms with Crippen molar-refractivity contribution in [3.8, 4) is 0 Å². The number of carboxylic acids is 1. The molecular formula is C48H78O8. The minimum atomic E-state index is -2.45. The van der Waals surface area contributed by atoms with Crippen molar-refractivity contribution in [1.29, 1.82) is 0 Å². The van der Waals surface area contributed by atoms with Gasteiger partial charge in [0, 0.05) is 16.2 Å². The van der Waals surface area contributed by atoms with Crippen molar-refractivity contribution in [3.05, 3.63) is 70.5 Å². The van der Waals surface area contributed by atoms with Gasteiger partial charge in [0.1, 0.15) is 22.7 Å². The second-order valence-corrected chi connectivity index (χ2v) is 23.5. The average Bonchev–Trinajstić information content (AvgIpc) is 3.00. The van der Waals surface area contributed by atoms with Crippen LogP contribution in [0.15, 0.2) is 70.5 Å². The first-order chi connectivity index (χ1) is 24.8. The van der Waals surface area contributed by atoms with E-state index >= 15 is 0 Å². The Balaban J connectivity index is 2.63. The molecule has 0 heterocycles. The summed E-state index contributed by atoms with van der Waals surface area (Å²) in [6, 6.07) is 0. The Hall–Kier alpha value is -2.81. The fraction of sp³-hybridized carbons (Fsp3) is 0.729. The number of aliphatic hydroxyl groups is 6. The highest BCUT2D eigenvalue weighted by molar-refractivity contribution is 5.77. The molecule has 0 amide bonds. The molecule has 3 aliphatic carbocycles. The van der Waals surface area contributed by atoms with Gasteiger partial charge in [0.25, 0.3) is 0 Å². The molecule has 0 bridgehead atoms. The molecule has 8 heteroatoms. The molecule has 7 N–H and O–H groups in total. The van der Waals surface area contributed by atoms with Crippen molar-refractivity contribution in [2.24, 2.45) is 54.1 Å². The monoisotopic (exact) mass is 783 g/mol. The quantitative estimate of drug-likeness (QED) is 0.128. The number of aliphatic hydroxyl groups excluding tert-OH is 6. The molecule has 0 aromatic carbocycles. The van der Waals surface area contributed by atoms with Gasteiger partial charge >= 0.3 is 5.97 Å². The highest BCUT2D eigenvalue weighted by atomic mass is 16.4. The first-order valence-corrected chi connectivity index (χ1v) is 20.5. The van der Waals surface area contributed by atoms with Gasteiger partial charge in [0.05, 0.1) is 18.3 Å². The van der Waals surface area contributed by atoms with Gasteiger partial charge in [0.15, 0.2) is 0 Å². The van der Waals surface area contributed by atoms with E-state index in [-0.39, 0.29) is 36.5 Å².